The van der Waals surface area contributed by atoms with E-state index in [0.29, 0.717) is 11.1 Å². The highest BCUT2D eigenvalue weighted by molar-refractivity contribution is 7.11. The molecule has 1 aromatic carbocycles. The third-order valence-electron chi connectivity index (χ3n) is 3.88. The molecule has 1 fully saturated rings. The first-order valence-corrected chi connectivity index (χ1v) is 8.16. The standard InChI is InChI=1S/C16H15N3O2S/c20-15(16-17-6-7-22-16)19-14-9-18-13-5-4-11(8-12(13)14)21-10-2-1-3-10/h4-10,18H,1-3H2,(H,19,20). The number of fused-ring (bicyclic) bond motifs is 1. The van der Waals surface area contributed by atoms with E-state index in [9.17, 15) is 4.79 Å². The fourth-order valence-corrected chi connectivity index (χ4v) is 3.00. The van der Waals surface area contributed by atoms with Crippen LogP contribution in [-0.2, 0) is 0 Å². The van der Waals surface area contributed by atoms with Gasteiger partial charge >= 0.3 is 0 Å². The summed E-state index contributed by atoms with van der Waals surface area (Å²) in [6.45, 7) is 0. The largest absolute Gasteiger partial charge is 0.490 e. The molecule has 22 heavy (non-hydrogen) atoms. The predicted octanol–water partition coefficient (Wildman–Crippen LogP) is 3.81. The van der Waals surface area contributed by atoms with Crippen LogP contribution >= 0.6 is 11.3 Å². The maximum absolute atomic E-state index is 12.1. The Kier molecular flexibility index (Phi) is 3.31. The van der Waals surface area contributed by atoms with Gasteiger partial charge in [0.1, 0.15) is 5.75 Å². The van der Waals surface area contributed by atoms with Crippen molar-refractivity contribution in [2.75, 3.05) is 5.32 Å². The number of anilines is 1. The summed E-state index contributed by atoms with van der Waals surface area (Å²) in [4.78, 5) is 19.3. The number of hydrogen-bond acceptors (Lipinski definition) is 4. The van der Waals surface area contributed by atoms with Crippen molar-refractivity contribution in [3.63, 3.8) is 0 Å². The van der Waals surface area contributed by atoms with E-state index >= 15 is 0 Å². The maximum Gasteiger partial charge on any atom is 0.284 e. The van der Waals surface area contributed by atoms with Crippen molar-refractivity contribution >= 4 is 33.8 Å². The second-order valence-corrected chi connectivity index (χ2v) is 6.27. The van der Waals surface area contributed by atoms with Crippen molar-refractivity contribution in [2.24, 2.45) is 0 Å². The highest BCUT2D eigenvalue weighted by Gasteiger charge is 2.19. The second kappa shape index (κ2) is 5.46. The highest BCUT2D eigenvalue weighted by Crippen LogP contribution is 2.31. The summed E-state index contributed by atoms with van der Waals surface area (Å²) in [6.07, 6.45) is 7.25. The second-order valence-electron chi connectivity index (χ2n) is 5.37. The molecular weight excluding hydrogens is 298 g/mol. The summed E-state index contributed by atoms with van der Waals surface area (Å²) in [6, 6.07) is 5.91. The zero-order valence-electron chi connectivity index (χ0n) is 11.8. The van der Waals surface area contributed by atoms with E-state index in [1.807, 2.05) is 18.2 Å². The summed E-state index contributed by atoms with van der Waals surface area (Å²) in [5.41, 5.74) is 1.71. The zero-order valence-corrected chi connectivity index (χ0v) is 12.7. The van der Waals surface area contributed by atoms with Crippen molar-refractivity contribution in [3.8, 4) is 5.75 Å². The average molecular weight is 313 g/mol. The average Bonchev–Trinajstić information content (AvgIpc) is 3.13. The van der Waals surface area contributed by atoms with Gasteiger partial charge in [0, 0.05) is 28.7 Å². The summed E-state index contributed by atoms with van der Waals surface area (Å²) in [5, 5.41) is 6.09. The number of nitrogens with one attached hydrogen (secondary N) is 2. The van der Waals surface area contributed by atoms with Crippen LogP contribution in [-0.4, -0.2) is 22.0 Å². The first-order valence-electron chi connectivity index (χ1n) is 7.28. The van der Waals surface area contributed by atoms with Crippen molar-refractivity contribution in [1.29, 1.82) is 0 Å². The van der Waals surface area contributed by atoms with Gasteiger partial charge in [-0.1, -0.05) is 0 Å². The quantitative estimate of drug-likeness (QED) is 0.769. The van der Waals surface area contributed by atoms with Crippen molar-refractivity contribution in [2.45, 2.75) is 25.4 Å². The molecule has 0 atom stereocenters. The molecule has 2 N–H and O–H groups in total. The molecule has 3 aromatic rings. The predicted molar refractivity (Wildman–Crippen MR) is 86.6 cm³/mol. The molecule has 0 aliphatic heterocycles. The minimum absolute atomic E-state index is 0.193. The molecule has 2 heterocycles. The Bertz CT molecular complexity index is 806. The monoisotopic (exact) mass is 313 g/mol. The number of thiazole rings is 1. The van der Waals surface area contributed by atoms with Crippen LogP contribution in [0.25, 0.3) is 10.9 Å². The van der Waals surface area contributed by atoms with Gasteiger partial charge in [0.15, 0.2) is 5.01 Å². The first kappa shape index (κ1) is 13.3. The number of aromatic nitrogens is 2. The Balaban J connectivity index is 1.59. The van der Waals surface area contributed by atoms with Gasteiger partial charge in [-0.2, -0.15) is 0 Å². The third-order valence-corrected chi connectivity index (χ3v) is 4.65. The molecule has 112 valence electrons. The summed E-state index contributed by atoms with van der Waals surface area (Å²) in [5.74, 6) is 0.655. The smallest absolute Gasteiger partial charge is 0.284 e. The molecule has 0 saturated heterocycles. The van der Waals surface area contributed by atoms with E-state index in [1.54, 1.807) is 17.8 Å². The molecule has 1 aliphatic rings. The van der Waals surface area contributed by atoms with Crippen LogP contribution in [0.1, 0.15) is 29.1 Å². The molecule has 2 aromatic heterocycles. The molecule has 5 nitrogen and oxygen atoms in total. The number of benzene rings is 1. The van der Waals surface area contributed by atoms with E-state index < -0.39 is 0 Å². The number of H-pyrrole nitrogens is 1. The van der Waals surface area contributed by atoms with Gasteiger partial charge in [0.2, 0.25) is 0 Å². The molecule has 1 aliphatic carbocycles. The molecular formula is C16H15N3O2S. The van der Waals surface area contributed by atoms with E-state index in [2.05, 4.69) is 15.3 Å². The summed E-state index contributed by atoms with van der Waals surface area (Å²) >= 11 is 1.32. The first-order chi connectivity index (χ1) is 10.8. The molecule has 6 heteroatoms. The molecule has 0 spiro atoms. The number of nitrogens with zero attached hydrogens (tertiary/aromatic N) is 1. The number of carbonyl (C=O) groups is 1. The number of hydrogen-bond donors (Lipinski definition) is 2. The lowest BCUT2D eigenvalue weighted by Crippen LogP contribution is -2.24. The minimum Gasteiger partial charge on any atom is -0.490 e. The molecule has 1 saturated carbocycles. The lowest BCUT2D eigenvalue weighted by Gasteiger charge is -2.26. The van der Waals surface area contributed by atoms with E-state index in [4.69, 9.17) is 4.74 Å². The van der Waals surface area contributed by atoms with Gasteiger partial charge in [-0.25, -0.2) is 4.98 Å². The number of ether oxygens (including phenoxy) is 1. The molecule has 0 bridgehead atoms. The van der Waals surface area contributed by atoms with Crippen LogP contribution in [0.4, 0.5) is 5.69 Å². The number of amides is 1. The Labute approximate surface area is 131 Å². The van der Waals surface area contributed by atoms with Crippen LogP contribution in [0.3, 0.4) is 0 Å². The number of rotatable bonds is 4. The van der Waals surface area contributed by atoms with Gasteiger partial charge in [-0.3, -0.25) is 4.79 Å². The van der Waals surface area contributed by atoms with Crippen molar-refractivity contribution in [3.05, 3.63) is 41.0 Å². The van der Waals surface area contributed by atoms with Gasteiger partial charge in [0.25, 0.3) is 5.91 Å². The van der Waals surface area contributed by atoms with Crippen LogP contribution < -0.4 is 10.1 Å². The lowest BCUT2D eigenvalue weighted by atomic mass is 9.96. The van der Waals surface area contributed by atoms with Crippen LogP contribution in [0, 0.1) is 0 Å². The molecule has 0 radical (unpaired) electrons. The number of carbonyl (C=O) groups excluding carboxylic acids is 1. The molecule has 0 unspecified atom stereocenters. The fourth-order valence-electron chi connectivity index (χ4n) is 2.47. The van der Waals surface area contributed by atoms with Crippen molar-refractivity contribution < 1.29 is 9.53 Å². The van der Waals surface area contributed by atoms with E-state index in [-0.39, 0.29) is 5.91 Å². The normalized spacial score (nSPS) is 14.7. The maximum atomic E-state index is 12.1. The van der Waals surface area contributed by atoms with Gasteiger partial charge in [0.05, 0.1) is 11.8 Å². The van der Waals surface area contributed by atoms with E-state index in [1.165, 1.54) is 17.8 Å². The summed E-state index contributed by atoms with van der Waals surface area (Å²) in [7, 11) is 0. The van der Waals surface area contributed by atoms with Crippen LogP contribution in [0.2, 0.25) is 0 Å². The van der Waals surface area contributed by atoms with Gasteiger partial charge in [-0.05, 0) is 37.5 Å². The molecule has 4 rings (SSSR count). The highest BCUT2D eigenvalue weighted by atomic mass is 32.1. The lowest BCUT2D eigenvalue weighted by molar-refractivity contribution is 0.102. The Morgan fingerprint density at radius 2 is 2.32 bits per heavy atom. The number of aromatic amines is 1. The Morgan fingerprint density at radius 1 is 1.41 bits per heavy atom. The Hall–Kier alpha value is -2.34. The summed E-state index contributed by atoms with van der Waals surface area (Å²) < 4.78 is 5.92. The van der Waals surface area contributed by atoms with E-state index in [0.717, 1.165) is 35.2 Å². The Morgan fingerprint density at radius 3 is 3.05 bits per heavy atom. The van der Waals surface area contributed by atoms with Gasteiger partial charge in [-0.15, -0.1) is 11.3 Å². The zero-order chi connectivity index (χ0) is 14.9. The molecule has 1 amide bonds. The fraction of sp³-hybridized carbons (Fsp3) is 0.250. The van der Waals surface area contributed by atoms with Crippen molar-refractivity contribution in [1.82, 2.24) is 9.97 Å². The van der Waals surface area contributed by atoms with Gasteiger partial charge < -0.3 is 15.0 Å². The third kappa shape index (κ3) is 2.46. The van der Waals surface area contributed by atoms with Crippen LogP contribution in [0.5, 0.6) is 5.75 Å². The van der Waals surface area contributed by atoms with Crippen LogP contribution in [0.15, 0.2) is 36.0 Å². The minimum atomic E-state index is -0.193. The SMILES string of the molecule is O=C(Nc1c[nH]c2ccc(OC3CCC3)cc12)c1nccs1. The topological polar surface area (TPSA) is 67.0 Å².